The first-order valence-electron chi connectivity index (χ1n) is 12.1. The molecule has 0 amide bonds. The smallest absolute Gasteiger partial charge is 0.227 e. The van der Waals surface area contributed by atoms with Gasteiger partial charge in [-0.05, 0) is 54.7 Å². The van der Waals surface area contributed by atoms with Gasteiger partial charge in [-0.15, -0.1) is 0 Å². The molecular weight excluding hydrogens is 392 g/mol. The number of benzene rings is 3. The third kappa shape index (κ3) is 2.89. The lowest BCUT2D eigenvalue weighted by molar-refractivity contribution is -0.660. The molecule has 0 atom stereocenters. The van der Waals surface area contributed by atoms with Crippen LogP contribution < -0.4 is 4.57 Å². The average Bonchev–Trinajstić information content (AvgIpc) is 3.18. The Hall–Kier alpha value is -3.98. The second kappa shape index (κ2) is 7.03. The van der Waals surface area contributed by atoms with Crippen LogP contribution in [0.5, 0.6) is 0 Å². The van der Waals surface area contributed by atoms with Crippen molar-refractivity contribution in [3.05, 3.63) is 96.2 Å². The largest absolute Gasteiger partial charge is 0.438 e. The average molecular weight is 419 g/mol. The maximum absolute atomic E-state index is 8.12. The summed E-state index contributed by atoms with van der Waals surface area (Å²) < 4.78 is 32.4. The van der Waals surface area contributed by atoms with E-state index in [0.29, 0.717) is 16.8 Å². The number of hydrogen-bond donors (Lipinski definition) is 0. The summed E-state index contributed by atoms with van der Waals surface area (Å²) in [5.74, 6) is 0. The highest BCUT2D eigenvalue weighted by atomic mass is 16.3. The van der Waals surface area contributed by atoms with E-state index >= 15 is 0 Å². The van der Waals surface area contributed by atoms with Crippen molar-refractivity contribution in [3.63, 3.8) is 0 Å². The van der Waals surface area contributed by atoms with Gasteiger partial charge in [-0.2, -0.15) is 0 Å². The fourth-order valence-corrected chi connectivity index (χ4v) is 4.50. The predicted octanol–water partition coefficient (Wildman–Crippen LogP) is 6.91. The predicted molar refractivity (Wildman–Crippen MR) is 131 cm³/mol. The minimum absolute atomic E-state index is 0.332. The van der Waals surface area contributed by atoms with Crippen LogP contribution in [0.1, 0.15) is 15.2 Å². The number of hydrogen-bond acceptors (Lipinski definition) is 2. The van der Waals surface area contributed by atoms with Crippen molar-refractivity contribution < 1.29 is 13.1 Å². The van der Waals surface area contributed by atoms with Gasteiger partial charge < -0.3 is 4.42 Å². The van der Waals surface area contributed by atoms with E-state index in [-0.39, 0.29) is 0 Å². The van der Waals surface area contributed by atoms with Crippen LogP contribution in [0.4, 0.5) is 0 Å². The van der Waals surface area contributed by atoms with Crippen LogP contribution in [0.15, 0.2) is 89.5 Å². The number of aromatic nitrogens is 2. The third-order valence-corrected chi connectivity index (χ3v) is 6.15. The Labute approximate surface area is 190 Å². The molecular formula is C29H23N2O+. The molecule has 6 rings (SSSR count). The highest BCUT2D eigenvalue weighted by Gasteiger charge is 2.19. The summed E-state index contributed by atoms with van der Waals surface area (Å²) in [6.07, 6.45) is 1.73. The molecule has 3 aromatic carbocycles. The van der Waals surface area contributed by atoms with Crippen molar-refractivity contribution in [2.45, 2.75) is 13.8 Å². The van der Waals surface area contributed by atoms with Crippen LogP contribution in [0.25, 0.3) is 55.4 Å². The van der Waals surface area contributed by atoms with E-state index in [1.807, 2.05) is 79.2 Å². The minimum Gasteiger partial charge on any atom is -0.438 e. The van der Waals surface area contributed by atoms with Gasteiger partial charge in [-0.3, -0.25) is 0 Å². The second-order valence-corrected chi connectivity index (χ2v) is 8.26. The zero-order valence-corrected chi connectivity index (χ0v) is 17.9. The number of para-hydroxylation sites is 1. The maximum Gasteiger partial charge on any atom is 0.227 e. The first-order chi connectivity index (χ1) is 16.8. The van der Waals surface area contributed by atoms with E-state index in [1.165, 1.54) is 0 Å². The van der Waals surface area contributed by atoms with Crippen molar-refractivity contribution in [1.82, 2.24) is 4.98 Å². The normalized spacial score (nSPS) is 13.4. The van der Waals surface area contributed by atoms with Crippen molar-refractivity contribution >= 4 is 33.0 Å². The number of nitrogens with zero attached hydrogens (tertiary/aromatic N) is 2. The topological polar surface area (TPSA) is 29.9 Å². The molecule has 3 heteroatoms. The lowest BCUT2D eigenvalue weighted by Crippen LogP contribution is -2.31. The minimum atomic E-state index is -2.23. The van der Waals surface area contributed by atoms with Gasteiger partial charge in [0.1, 0.15) is 12.6 Å². The lowest BCUT2D eigenvalue weighted by atomic mass is 9.96. The molecule has 0 aliphatic rings. The zero-order chi connectivity index (χ0) is 24.3. The Morgan fingerprint density at radius 3 is 2.50 bits per heavy atom. The molecule has 0 saturated carbocycles. The molecule has 0 aliphatic heterocycles. The van der Waals surface area contributed by atoms with Crippen molar-refractivity contribution in [3.8, 4) is 22.4 Å². The summed E-state index contributed by atoms with van der Waals surface area (Å²) in [6, 6.07) is 26.0. The monoisotopic (exact) mass is 418 g/mol. The fourth-order valence-electron chi connectivity index (χ4n) is 4.50. The molecule has 0 unspecified atom stereocenters. The van der Waals surface area contributed by atoms with Crippen LogP contribution in [-0.2, 0) is 7.05 Å². The van der Waals surface area contributed by atoms with Crippen molar-refractivity contribution in [1.29, 1.82) is 0 Å². The molecule has 0 radical (unpaired) electrons. The molecule has 3 nitrogen and oxygen atoms in total. The highest BCUT2D eigenvalue weighted by Crippen LogP contribution is 2.35. The van der Waals surface area contributed by atoms with Gasteiger partial charge in [0.05, 0.1) is 5.52 Å². The molecule has 0 spiro atoms. The van der Waals surface area contributed by atoms with Crippen molar-refractivity contribution in [2.24, 2.45) is 7.05 Å². The zero-order valence-electron chi connectivity index (χ0n) is 20.9. The van der Waals surface area contributed by atoms with E-state index in [1.54, 1.807) is 6.20 Å². The van der Waals surface area contributed by atoms with E-state index in [2.05, 4.69) is 18.2 Å². The summed E-state index contributed by atoms with van der Waals surface area (Å²) in [4.78, 5) is 4.72. The fraction of sp³-hybridized carbons (Fsp3) is 0.103. The number of rotatable bonds is 2. The lowest BCUT2D eigenvalue weighted by Gasteiger charge is -2.10. The van der Waals surface area contributed by atoms with E-state index in [9.17, 15) is 0 Å². The standard InChI is InChI=1S/C29H23N2O/c1-18-13-28-24(25-14-21-11-7-8-12-26(21)30-29(25)32-28)15-23(18)27-16-22(19(2)17-31(27)3)20-9-5-4-6-10-20/h4-17H,1-3H3/q+1/i2D3. The van der Waals surface area contributed by atoms with Crippen molar-refractivity contribution in [2.75, 3.05) is 0 Å². The third-order valence-electron chi connectivity index (χ3n) is 6.15. The number of furan rings is 1. The molecule has 32 heavy (non-hydrogen) atoms. The molecule has 6 aromatic rings. The first-order valence-corrected chi connectivity index (χ1v) is 10.6. The Bertz CT molecular complexity index is 1750. The van der Waals surface area contributed by atoms with Crippen LogP contribution >= 0.6 is 0 Å². The summed E-state index contributed by atoms with van der Waals surface area (Å²) in [6.45, 7) is -0.181. The van der Waals surface area contributed by atoms with Gasteiger partial charge in [0, 0.05) is 37.5 Å². The summed E-state index contributed by atoms with van der Waals surface area (Å²) in [5.41, 5.74) is 7.21. The van der Waals surface area contributed by atoms with Gasteiger partial charge in [0.25, 0.3) is 0 Å². The molecule has 0 N–H and O–H groups in total. The van der Waals surface area contributed by atoms with Crippen LogP contribution in [0.2, 0.25) is 0 Å². The molecule has 0 saturated heterocycles. The Kier molecular flexibility index (Phi) is 3.46. The van der Waals surface area contributed by atoms with Crippen LogP contribution in [0.3, 0.4) is 0 Å². The second-order valence-electron chi connectivity index (χ2n) is 8.26. The number of fused-ring (bicyclic) bond motifs is 4. The van der Waals surface area contributed by atoms with Gasteiger partial charge in [0.15, 0.2) is 6.20 Å². The van der Waals surface area contributed by atoms with Gasteiger partial charge >= 0.3 is 0 Å². The molecule has 3 heterocycles. The van der Waals surface area contributed by atoms with Crippen LogP contribution in [0, 0.1) is 13.8 Å². The van der Waals surface area contributed by atoms with Crippen LogP contribution in [-0.4, -0.2) is 4.98 Å². The number of aryl methyl sites for hydroxylation is 3. The van der Waals surface area contributed by atoms with Gasteiger partial charge in [-0.25, -0.2) is 9.55 Å². The molecule has 0 aliphatic carbocycles. The van der Waals surface area contributed by atoms with E-state index in [0.717, 1.165) is 49.6 Å². The molecule has 0 bridgehead atoms. The SMILES string of the molecule is [2H]C([2H])([2H])c1c[n+](C)c(-c2cc3c(cc2C)oc2nc4ccccc4cc23)cc1-c1ccccc1. The summed E-state index contributed by atoms with van der Waals surface area (Å²) in [7, 11) is 1.89. The Morgan fingerprint density at radius 1 is 0.844 bits per heavy atom. The Morgan fingerprint density at radius 2 is 1.66 bits per heavy atom. The van der Waals surface area contributed by atoms with E-state index < -0.39 is 6.85 Å². The molecule has 154 valence electrons. The molecule has 0 fully saturated rings. The summed E-state index contributed by atoms with van der Waals surface area (Å²) in [5, 5.41) is 3.01. The summed E-state index contributed by atoms with van der Waals surface area (Å²) >= 11 is 0. The first kappa shape index (κ1) is 15.8. The molecule has 3 aromatic heterocycles. The quantitative estimate of drug-likeness (QED) is 0.286. The van der Waals surface area contributed by atoms with Gasteiger partial charge in [-0.1, -0.05) is 48.5 Å². The highest BCUT2D eigenvalue weighted by molar-refractivity contribution is 6.08. The maximum atomic E-state index is 8.12. The Balaban J connectivity index is 1.62. The van der Waals surface area contributed by atoms with Gasteiger partial charge in [0.2, 0.25) is 11.4 Å². The number of pyridine rings is 2. The van der Waals surface area contributed by atoms with E-state index in [4.69, 9.17) is 13.5 Å².